The summed E-state index contributed by atoms with van der Waals surface area (Å²) in [7, 11) is 0.0453. The average molecular weight is 101 g/mol. The highest BCUT2D eigenvalue weighted by Gasteiger charge is 1.88. The lowest BCUT2D eigenvalue weighted by Crippen LogP contribution is -1.65. The van der Waals surface area contributed by atoms with Gasteiger partial charge >= 0.3 is 0 Å². The zero-order chi connectivity index (χ0) is 4.99. The first-order valence-corrected chi connectivity index (χ1v) is 4.17. The summed E-state index contributed by atoms with van der Waals surface area (Å²) in [5, 5.41) is 0. The van der Waals surface area contributed by atoms with E-state index in [1.807, 2.05) is 0 Å². The van der Waals surface area contributed by atoms with E-state index in [0.29, 0.717) is 0 Å². The van der Waals surface area contributed by atoms with E-state index in [0.717, 1.165) is 6.29 Å². The van der Waals surface area contributed by atoms with Gasteiger partial charge in [-0.25, -0.2) is 6.57 Å². The molecule has 0 aliphatic heterocycles. The van der Waals surface area contributed by atoms with E-state index in [1.54, 1.807) is 0 Å². The van der Waals surface area contributed by atoms with Crippen molar-refractivity contribution in [3.8, 4) is 0 Å². The van der Waals surface area contributed by atoms with E-state index < -0.39 is 0 Å². The van der Waals surface area contributed by atoms with Gasteiger partial charge in [-0.15, -0.1) is 0 Å². The van der Waals surface area contributed by atoms with Crippen LogP contribution in [0.2, 0.25) is 0 Å². The summed E-state index contributed by atoms with van der Waals surface area (Å²) in [5.74, 6) is 0. The Morgan fingerprint density at radius 2 is 2.17 bits per heavy atom. The van der Waals surface area contributed by atoms with Gasteiger partial charge in [0.05, 0.1) is 0 Å². The molecule has 34 valence electrons. The van der Waals surface area contributed by atoms with Crippen molar-refractivity contribution in [1.82, 2.24) is 0 Å². The molecule has 0 N–H and O–H groups in total. The number of hydrogen-bond donors (Lipinski definition) is 0. The maximum atomic E-state index is 6.37. The molecule has 0 aromatic heterocycles. The van der Waals surface area contributed by atoms with E-state index >= 15 is 0 Å². The van der Waals surface area contributed by atoms with E-state index in [1.165, 1.54) is 0 Å². The van der Waals surface area contributed by atoms with Gasteiger partial charge in [-0.3, -0.25) is 0 Å². The maximum Gasteiger partial charge on any atom is 0.229 e. The van der Waals surface area contributed by atoms with E-state index in [2.05, 4.69) is 18.2 Å². The highest BCUT2D eigenvalue weighted by molar-refractivity contribution is 7.56. The first-order valence-electron chi connectivity index (χ1n) is 1.75. The number of rotatable bonds is 1. The molecule has 0 atom stereocenters. The smallest absolute Gasteiger partial charge is 0.229 e. The van der Waals surface area contributed by atoms with Crippen LogP contribution in [0.3, 0.4) is 0 Å². The van der Waals surface area contributed by atoms with Gasteiger partial charge in [-0.05, 0) is 21.3 Å². The van der Waals surface area contributed by atoms with Crippen molar-refractivity contribution in [2.45, 2.75) is 0 Å². The van der Waals surface area contributed by atoms with Crippen molar-refractivity contribution >= 4 is 7.92 Å². The fourth-order valence-corrected chi connectivity index (χ4v) is 0.424. The van der Waals surface area contributed by atoms with Crippen LogP contribution in [-0.4, -0.2) is 19.6 Å². The lowest BCUT2D eigenvalue weighted by atomic mass is 11.4. The van der Waals surface area contributed by atoms with Crippen LogP contribution in [0.1, 0.15) is 0 Å². The SMILES string of the molecule is [C-]#[N+]CP(C)C. The Labute approximate surface area is 39.9 Å². The summed E-state index contributed by atoms with van der Waals surface area (Å²) in [6, 6.07) is 0. The van der Waals surface area contributed by atoms with Gasteiger partial charge in [-0.1, -0.05) is 0 Å². The van der Waals surface area contributed by atoms with E-state index in [-0.39, 0.29) is 7.92 Å². The van der Waals surface area contributed by atoms with Crippen LogP contribution < -0.4 is 0 Å². The van der Waals surface area contributed by atoms with Crippen LogP contribution >= 0.6 is 7.92 Å². The lowest BCUT2D eigenvalue weighted by Gasteiger charge is -1.86. The second-order valence-electron chi connectivity index (χ2n) is 1.38. The first kappa shape index (κ1) is 5.92. The van der Waals surface area contributed by atoms with Crippen molar-refractivity contribution in [3.63, 3.8) is 0 Å². The van der Waals surface area contributed by atoms with E-state index in [9.17, 15) is 0 Å². The molecule has 0 heterocycles. The molecular formula is C4H8NP. The monoisotopic (exact) mass is 101 g/mol. The Hall–Kier alpha value is -0.0800. The van der Waals surface area contributed by atoms with Gasteiger partial charge < -0.3 is 4.85 Å². The van der Waals surface area contributed by atoms with Crippen LogP contribution in [-0.2, 0) is 0 Å². The number of hydrogen-bond acceptors (Lipinski definition) is 0. The minimum absolute atomic E-state index is 0.0453. The minimum Gasteiger partial charge on any atom is -0.312 e. The van der Waals surface area contributed by atoms with Crippen LogP contribution in [0, 0.1) is 6.57 Å². The molecule has 0 radical (unpaired) electrons. The summed E-state index contributed by atoms with van der Waals surface area (Å²) in [6.45, 7) is 10.6. The second kappa shape index (κ2) is 3.12. The zero-order valence-electron chi connectivity index (χ0n) is 4.10. The lowest BCUT2D eigenvalue weighted by molar-refractivity contribution is 1.73. The third-order valence-electron chi connectivity index (χ3n) is 0.354. The van der Waals surface area contributed by atoms with Gasteiger partial charge in [0.2, 0.25) is 6.29 Å². The first-order chi connectivity index (χ1) is 2.77. The standard InChI is InChI=1S/C4H8NP/c1-5-4-6(2)3/h4H2,2-3H3. The molecule has 0 aromatic carbocycles. The summed E-state index contributed by atoms with van der Waals surface area (Å²) in [5.41, 5.74) is 0. The third-order valence-corrected chi connectivity index (χ3v) is 1.06. The Bertz CT molecular complexity index is 62.4. The zero-order valence-corrected chi connectivity index (χ0v) is 5.00. The Kier molecular flexibility index (Phi) is 3.08. The molecule has 0 aliphatic carbocycles. The molecule has 0 aliphatic rings. The predicted octanol–water partition coefficient (Wildman–Crippen LogP) is 1.60. The van der Waals surface area contributed by atoms with Crippen LogP contribution in [0.15, 0.2) is 0 Å². The predicted molar refractivity (Wildman–Crippen MR) is 30.2 cm³/mol. The quantitative estimate of drug-likeness (QED) is 0.349. The Morgan fingerprint density at radius 3 is 2.17 bits per heavy atom. The summed E-state index contributed by atoms with van der Waals surface area (Å²) in [6.07, 6.45) is 0.731. The molecule has 0 unspecified atom stereocenters. The van der Waals surface area contributed by atoms with Gasteiger partial charge in [0.1, 0.15) is 0 Å². The molecule has 0 saturated heterocycles. The second-order valence-corrected chi connectivity index (χ2v) is 3.82. The fourth-order valence-electron chi connectivity index (χ4n) is 0.141. The summed E-state index contributed by atoms with van der Waals surface area (Å²) >= 11 is 0. The minimum atomic E-state index is 0.0453. The highest BCUT2D eigenvalue weighted by atomic mass is 31.1. The third kappa shape index (κ3) is 3.92. The molecule has 1 nitrogen and oxygen atoms in total. The maximum absolute atomic E-state index is 6.37. The molecular weight excluding hydrogens is 93.0 g/mol. The molecule has 0 amide bonds. The molecule has 0 fully saturated rings. The van der Waals surface area contributed by atoms with Crippen molar-refractivity contribution < 1.29 is 0 Å². The van der Waals surface area contributed by atoms with Crippen LogP contribution in [0.25, 0.3) is 4.85 Å². The van der Waals surface area contributed by atoms with Gasteiger partial charge in [0, 0.05) is 0 Å². The molecule has 0 aromatic rings. The molecule has 2 heteroatoms. The topological polar surface area (TPSA) is 4.36 Å². The normalized spacial score (nSPS) is 8.33. The largest absolute Gasteiger partial charge is 0.312 e. The van der Waals surface area contributed by atoms with Crippen LogP contribution in [0.4, 0.5) is 0 Å². The van der Waals surface area contributed by atoms with E-state index in [4.69, 9.17) is 6.57 Å². The van der Waals surface area contributed by atoms with Crippen LogP contribution in [0.5, 0.6) is 0 Å². The number of nitrogens with zero attached hydrogens (tertiary/aromatic N) is 1. The summed E-state index contributed by atoms with van der Waals surface area (Å²) < 4.78 is 0. The van der Waals surface area contributed by atoms with Gasteiger partial charge in [0.25, 0.3) is 0 Å². The molecule has 6 heavy (non-hydrogen) atoms. The van der Waals surface area contributed by atoms with Gasteiger partial charge in [-0.2, -0.15) is 0 Å². The fraction of sp³-hybridized carbons (Fsp3) is 0.750. The van der Waals surface area contributed by atoms with Crippen molar-refractivity contribution in [2.24, 2.45) is 0 Å². The molecule has 0 bridgehead atoms. The molecule has 0 spiro atoms. The van der Waals surface area contributed by atoms with Crippen molar-refractivity contribution in [3.05, 3.63) is 11.4 Å². The van der Waals surface area contributed by atoms with Crippen molar-refractivity contribution in [2.75, 3.05) is 19.6 Å². The summed E-state index contributed by atoms with van der Waals surface area (Å²) in [4.78, 5) is 3.21. The Morgan fingerprint density at radius 1 is 1.67 bits per heavy atom. The highest BCUT2D eigenvalue weighted by Crippen LogP contribution is 2.22. The van der Waals surface area contributed by atoms with Gasteiger partial charge in [0.15, 0.2) is 0 Å². The van der Waals surface area contributed by atoms with Crippen molar-refractivity contribution in [1.29, 1.82) is 0 Å². The average Bonchev–Trinajstić information content (AvgIpc) is 1.35. The molecule has 0 rings (SSSR count). The Balaban J connectivity index is 2.88. The molecule has 0 saturated carbocycles.